The van der Waals surface area contributed by atoms with Gasteiger partial charge in [-0.2, -0.15) is 0 Å². The minimum Gasteiger partial charge on any atom is -0.490 e. The van der Waals surface area contributed by atoms with Crippen molar-refractivity contribution in [2.45, 2.75) is 27.7 Å². The normalized spacial score (nSPS) is 10.6. The monoisotopic (exact) mass is 465 g/mol. The van der Waals surface area contributed by atoms with Crippen LogP contribution in [0.2, 0.25) is 0 Å². The standard InChI is InChI=1S/C27H31NO6/c1-5-28(22-15-11-13-19-12-9-10-14-21(19)22)25(29)18-34-27(30)20-16-23(31-6-2)26(33-8-4)24(17-20)32-7-3/h9-17H,5-8,18H2,1-4H3. The molecule has 0 atom stereocenters. The Labute approximate surface area is 200 Å². The topological polar surface area (TPSA) is 74.3 Å². The number of carbonyl (C=O) groups is 2. The second-order valence-electron chi connectivity index (χ2n) is 7.31. The van der Waals surface area contributed by atoms with E-state index in [1.54, 1.807) is 17.0 Å². The van der Waals surface area contributed by atoms with E-state index in [1.165, 1.54) is 0 Å². The molecule has 0 N–H and O–H groups in total. The first kappa shape index (κ1) is 24.9. The Bertz CT molecular complexity index is 1110. The Hall–Kier alpha value is -3.74. The molecule has 7 nitrogen and oxygen atoms in total. The number of carbonyl (C=O) groups excluding carboxylic acids is 2. The Balaban J connectivity index is 1.80. The smallest absolute Gasteiger partial charge is 0.338 e. The molecular weight excluding hydrogens is 434 g/mol. The van der Waals surface area contributed by atoms with Crippen LogP contribution < -0.4 is 19.1 Å². The van der Waals surface area contributed by atoms with Crippen molar-refractivity contribution in [3.8, 4) is 17.2 Å². The van der Waals surface area contributed by atoms with E-state index in [9.17, 15) is 9.59 Å². The molecule has 0 unspecified atom stereocenters. The largest absolute Gasteiger partial charge is 0.490 e. The summed E-state index contributed by atoms with van der Waals surface area (Å²) in [6.45, 7) is 8.66. The Morgan fingerprint density at radius 1 is 0.794 bits per heavy atom. The summed E-state index contributed by atoms with van der Waals surface area (Å²) in [5.41, 5.74) is 0.997. The van der Waals surface area contributed by atoms with E-state index in [-0.39, 0.29) is 11.5 Å². The van der Waals surface area contributed by atoms with Gasteiger partial charge in [-0.3, -0.25) is 4.79 Å². The molecule has 0 radical (unpaired) electrons. The fraction of sp³-hybridized carbons (Fsp3) is 0.333. The molecule has 3 aromatic rings. The van der Waals surface area contributed by atoms with Crippen molar-refractivity contribution >= 4 is 28.3 Å². The third-order valence-electron chi connectivity index (χ3n) is 5.15. The van der Waals surface area contributed by atoms with Gasteiger partial charge in [0.05, 0.1) is 31.1 Å². The van der Waals surface area contributed by atoms with Gasteiger partial charge in [0.1, 0.15) is 0 Å². The summed E-state index contributed by atoms with van der Waals surface area (Å²) in [6.07, 6.45) is 0. The van der Waals surface area contributed by atoms with Crippen molar-refractivity contribution in [3.05, 3.63) is 60.2 Å². The molecule has 1 amide bonds. The van der Waals surface area contributed by atoms with E-state index < -0.39 is 12.6 Å². The van der Waals surface area contributed by atoms with Crippen LogP contribution in [0.15, 0.2) is 54.6 Å². The SMILES string of the molecule is CCOc1cc(C(=O)OCC(=O)N(CC)c2cccc3ccccc23)cc(OCC)c1OCC. The average Bonchev–Trinajstić information content (AvgIpc) is 2.85. The minimum atomic E-state index is -0.646. The quantitative estimate of drug-likeness (QED) is 0.360. The molecule has 0 aliphatic carbocycles. The van der Waals surface area contributed by atoms with Crippen LogP contribution in [-0.2, 0) is 9.53 Å². The van der Waals surface area contributed by atoms with Crippen LogP contribution in [0.25, 0.3) is 10.8 Å². The van der Waals surface area contributed by atoms with Crippen molar-refractivity contribution in [2.75, 3.05) is 37.9 Å². The van der Waals surface area contributed by atoms with Crippen LogP contribution >= 0.6 is 0 Å². The second kappa shape index (κ2) is 11.9. The Kier molecular flexibility index (Phi) is 8.73. The maximum absolute atomic E-state index is 13.0. The zero-order valence-electron chi connectivity index (χ0n) is 20.1. The molecule has 180 valence electrons. The van der Waals surface area contributed by atoms with Crippen LogP contribution in [0.1, 0.15) is 38.1 Å². The number of nitrogens with zero attached hydrogens (tertiary/aromatic N) is 1. The Morgan fingerprint density at radius 2 is 1.41 bits per heavy atom. The van der Waals surface area contributed by atoms with Gasteiger partial charge in [0, 0.05) is 11.9 Å². The van der Waals surface area contributed by atoms with Crippen molar-refractivity contribution in [1.29, 1.82) is 0 Å². The van der Waals surface area contributed by atoms with Crippen molar-refractivity contribution in [3.63, 3.8) is 0 Å². The van der Waals surface area contributed by atoms with Gasteiger partial charge in [-0.25, -0.2) is 4.79 Å². The van der Waals surface area contributed by atoms with Crippen molar-refractivity contribution in [2.24, 2.45) is 0 Å². The lowest BCUT2D eigenvalue weighted by atomic mass is 10.1. The molecule has 3 rings (SSSR count). The lowest BCUT2D eigenvalue weighted by Crippen LogP contribution is -2.34. The van der Waals surface area contributed by atoms with Crippen molar-refractivity contribution < 1.29 is 28.5 Å². The first-order valence-corrected chi connectivity index (χ1v) is 11.6. The maximum atomic E-state index is 13.0. The van der Waals surface area contributed by atoms with Crippen LogP contribution in [0.4, 0.5) is 5.69 Å². The van der Waals surface area contributed by atoms with E-state index in [2.05, 4.69) is 0 Å². The molecule has 0 aromatic heterocycles. The summed E-state index contributed by atoms with van der Waals surface area (Å²) in [4.78, 5) is 27.5. The van der Waals surface area contributed by atoms with Gasteiger partial charge in [0.2, 0.25) is 5.75 Å². The molecule has 3 aromatic carbocycles. The highest BCUT2D eigenvalue weighted by Crippen LogP contribution is 2.39. The van der Waals surface area contributed by atoms with E-state index in [1.807, 2.05) is 70.2 Å². The van der Waals surface area contributed by atoms with Crippen LogP contribution in [-0.4, -0.2) is 44.8 Å². The number of hydrogen-bond donors (Lipinski definition) is 0. The molecule has 0 fully saturated rings. The molecule has 7 heteroatoms. The fourth-order valence-electron chi connectivity index (χ4n) is 3.72. The van der Waals surface area contributed by atoms with Crippen LogP contribution in [0.3, 0.4) is 0 Å². The maximum Gasteiger partial charge on any atom is 0.338 e. The first-order chi connectivity index (χ1) is 16.5. The van der Waals surface area contributed by atoms with E-state index >= 15 is 0 Å². The van der Waals surface area contributed by atoms with Gasteiger partial charge in [-0.05, 0) is 51.3 Å². The predicted octanol–water partition coefficient (Wildman–Crippen LogP) is 5.25. The molecule has 0 aliphatic heterocycles. The van der Waals surface area contributed by atoms with Gasteiger partial charge in [-0.15, -0.1) is 0 Å². The van der Waals surface area contributed by atoms with Gasteiger partial charge < -0.3 is 23.8 Å². The lowest BCUT2D eigenvalue weighted by molar-refractivity contribution is -0.121. The number of hydrogen-bond acceptors (Lipinski definition) is 6. The third kappa shape index (κ3) is 5.60. The zero-order valence-corrected chi connectivity index (χ0v) is 20.1. The zero-order chi connectivity index (χ0) is 24.5. The molecule has 0 heterocycles. The third-order valence-corrected chi connectivity index (χ3v) is 5.15. The van der Waals surface area contributed by atoms with E-state index in [4.69, 9.17) is 18.9 Å². The summed E-state index contributed by atoms with van der Waals surface area (Å²) in [6, 6.07) is 16.7. The van der Waals surface area contributed by atoms with Gasteiger partial charge >= 0.3 is 5.97 Å². The van der Waals surface area contributed by atoms with E-state index in [0.717, 1.165) is 16.5 Å². The van der Waals surface area contributed by atoms with Gasteiger partial charge in [0.15, 0.2) is 18.1 Å². The highest BCUT2D eigenvalue weighted by atomic mass is 16.5. The second-order valence-corrected chi connectivity index (χ2v) is 7.31. The Morgan fingerprint density at radius 3 is 2.03 bits per heavy atom. The summed E-state index contributed by atoms with van der Waals surface area (Å²) in [5.74, 6) is 0.256. The number of benzene rings is 3. The molecule has 0 aliphatic rings. The highest BCUT2D eigenvalue weighted by Gasteiger charge is 2.22. The van der Waals surface area contributed by atoms with Gasteiger partial charge in [0.25, 0.3) is 5.91 Å². The molecule has 34 heavy (non-hydrogen) atoms. The van der Waals surface area contributed by atoms with Crippen LogP contribution in [0.5, 0.6) is 17.2 Å². The average molecular weight is 466 g/mol. The number of ether oxygens (including phenoxy) is 4. The lowest BCUT2D eigenvalue weighted by Gasteiger charge is -2.22. The number of anilines is 1. The molecule has 0 saturated heterocycles. The summed E-state index contributed by atoms with van der Waals surface area (Å²) in [5, 5.41) is 1.99. The fourth-order valence-corrected chi connectivity index (χ4v) is 3.72. The summed E-state index contributed by atoms with van der Waals surface area (Å²) >= 11 is 0. The summed E-state index contributed by atoms with van der Waals surface area (Å²) in [7, 11) is 0. The molecule has 0 saturated carbocycles. The minimum absolute atomic E-state index is 0.219. The first-order valence-electron chi connectivity index (χ1n) is 11.6. The molecular formula is C27H31NO6. The molecule has 0 bridgehead atoms. The molecule has 0 spiro atoms. The van der Waals surface area contributed by atoms with Gasteiger partial charge in [-0.1, -0.05) is 36.4 Å². The number of rotatable bonds is 11. The van der Waals surface area contributed by atoms with E-state index in [0.29, 0.717) is 43.6 Å². The van der Waals surface area contributed by atoms with Crippen molar-refractivity contribution in [1.82, 2.24) is 0 Å². The number of likely N-dealkylation sites (N-methyl/N-ethyl adjacent to an activating group) is 1. The number of amides is 1. The number of fused-ring (bicyclic) bond motifs is 1. The van der Waals surface area contributed by atoms with Crippen LogP contribution in [0, 0.1) is 0 Å². The number of esters is 1. The predicted molar refractivity (Wildman–Crippen MR) is 132 cm³/mol. The highest BCUT2D eigenvalue weighted by molar-refractivity contribution is 6.04. The summed E-state index contributed by atoms with van der Waals surface area (Å²) < 4.78 is 22.4.